The van der Waals surface area contributed by atoms with Gasteiger partial charge >= 0.3 is 25.9 Å². The van der Waals surface area contributed by atoms with Crippen molar-refractivity contribution >= 4 is 37.3 Å². The highest BCUT2D eigenvalue weighted by Crippen LogP contribution is 2.51. The molecular weight excluding hydrogens is 813 g/mol. The minimum atomic E-state index is -4.57. The van der Waals surface area contributed by atoms with E-state index in [1.807, 2.05) is 0 Å². The molecule has 0 bridgehead atoms. The predicted molar refractivity (Wildman–Crippen MR) is 224 cm³/mol. The van der Waals surface area contributed by atoms with E-state index >= 15 is 0 Å². The summed E-state index contributed by atoms with van der Waals surface area (Å²) in [5, 5.41) is 15.0. The molecule has 1 aliphatic heterocycles. The first-order valence-corrected chi connectivity index (χ1v) is 23.4. The predicted octanol–water partition coefficient (Wildman–Crippen LogP) is 8.64. The molecule has 344 valence electrons. The summed E-state index contributed by atoms with van der Waals surface area (Å²) in [6, 6.07) is 5.12. The maximum atomic E-state index is 14.0. The third kappa shape index (κ3) is 17.1. The lowest BCUT2D eigenvalue weighted by Crippen LogP contribution is -2.46. The highest BCUT2D eigenvalue weighted by atomic mass is 31.2. The number of carbonyl (C=O) groups excluding carboxylic acids is 3. The van der Waals surface area contributed by atoms with Gasteiger partial charge in [0.15, 0.2) is 18.0 Å². The number of nitriles is 1. The molecule has 19 heteroatoms. The number of phosphoric acid groups is 1. The Hall–Kier alpha value is -3.85. The number of anilines is 1. The van der Waals surface area contributed by atoms with E-state index in [9.17, 15) is 24.2 Å². The molecule has 0 amide bonds. The molecule has 61 heavy (non-hydrogen) atoms. The average molecular weight is 882 g/mol. The number of nitrogen functional groups attached to an aromatic ring is 1. The highest BCUT2D eigenvalue weighted by Gasteiger charge is 2.62. The standard InChI is InChI=1S/C42H68N5O13P/c1-6-9-10-11-12-13-14-15-16-17-18-19-20-21-25-52-26-22-27-54-61(51,56-31-53-41(50)57-32(4)5)55-28-34-38(58-36(48)7-2)39(59-37(49)8-3)42(29-43,60-34)35-24-23-33-40(44)45-30-46-47(33)35/h23-24,30,32,34,38-39H,6-22,25-28,31H2,1-5H3,(H2,44,45,46)/t34-,38-,39-,42+,61+/m1/s1. The molecule has 0 unspecified atom stereocenters. The van der Waals surface area contributed by atoms with Crippen LogP contribution in [0.5, 0.6) is 0 Å². The van der Waals surface area contributed by atoms with Gasteiger partial charge in [-0.15, -0.1) is 0 Å². The molecule has 2 N–H and O–H groups in total. The second kappa shape index (κ2) is 28.0. The molecule has 0 saturated carbocycles. The zero-order valence-electron chi connectivity index (χ0n) is 36.7. The van der Waals surface area contributed by atoms with Crippen LogP contribution in [0.25, 0.3) is 5.52 Å². The molecule has 0 spiro atoms. The van der Waals surface area contributed by atoms with Crippen LogP contribution in [0.1, 0.15) is 149 Å². The van der Waals surface area contributed by atoms with Crippen molar-refractivity contribution in [2.24, 2.45) is 0 Å². The summed E-state index contributed by atoms with van der Waals surface area (Å²) < 4.78 is 65.4. The first kappa shape index (κ1) is 51.5. The van der Waals surface area contributed by atoms with Crippen LogP contribution < -0.4 is 5.73 Å². The summed E-state index contributed by atoms with van der Waals surface area (Å²) in [5.41, 5.74) is 4.31. The van der Waals surface area contributed by atoms with Crippen molar-refractivity contribution < 1.29 is 60.9 Å². The van der Waals surface area contributed by atoms with Crippen molar-refractivity contribution in [3.8, 4) is 6.07 Å². The Morgan fingerprint density at radius 2 is 1.46 bits per heavy atom. The average Bonchev–Trinajstić information content (AvgIpc) is 3.80. The van der Waals surface area contributed by atoms with Crippen molar-refractivity contribution in [1.29, 1.82) is 5.26 Å². The summed E-state index contributed by atoms with van der Waals surface area (Å²) in [5.74, 6) is -1.34. The zero-order chi connectivity index (χ0) is 44.5. The van der Waals surface area contributed by atoms with Crippen LogP contribution in [0.15, 0.2) is 18.5 Å². The minimum Gasteiger partial charge on any atom is -0.455 e. The Balaban J connectivity index is 1.61. The molecule has 2 aromatic heterocycles. The molecule has 0 radical (unpaired) electrons. The Bertz CT molecular complexity index is 1700. The number of nitrogens with two attached hydrogens (primary N) is 1. The molecule has 3 rings (SSSR count). The second-order valence-electron chi connectivity index (χ2n) is 15.2. The number of phosphoric ester groups is 1. The molecule has 0 aromatic carbocycles. The van der Waals surface area contributed by atoms with Gasteiger partial charge in [0, 0.05) is 26.1 Å². The summed E-state index contributed by atoms with van der Waals surface area (Å²) in [6.07, 6.45) is 13.1. The van der Waals surface area contributed by atoms with E-state index < -0.39 is 69.3 Å². The fraction of sp³-hybridized carbons (Fsp3) is 0.762. The summed E-state index contributed by atoms with van der Waals surface area (Å²) in [6.45, 7) is 7.80. The quantitative estimate of drug-likeness (QED) is 0.0238. The van der Waals surface area contributed by atoms with Crippen LogP contribution in [0, 0.1) is 11.3 Å². The van der Waals surface area contributed by atoms with Crippen LogP contribution in [-0.2, 0) is 61.7 Å². The van der Waals surface area contributed by atoms with Gasteiger partial charge in [0.25, 0.3) is 0 Å². The van der Waals surface area contributed by atoms with Crippen LogP contribution in [-0.4, -0.2) is 90.3 Å². The van der Waals surface area contributed by atoms with E-state index in [0.29, 0.717) is 25.2 Å². The second-order valence-corrected chi connectivity index (χ2v) is 16.9. The summed E-state index contributed by atoms with van der Waals surface area (Å²) >= 11 is 0. The lowest BCUT2D eigenvalue weighted by atomic mass is 9.92. The smallest absolute Gasteiger partial charge is 0.455 e. The maximum Gasteiger partial charge on any atom is 0.510 e. The van der Waals surface area contributed by atoms with Gasteiger partial charge in [0.2, 0.25) is 12.4 Å². The number of aromatic nitrogens is 3. The Kier molecular flexibility index (Phi) is 23.6. The number of fused-ring (bicyclic) bond motifs is 1. The maximum absolute atomic E-state index is 14.0. The van der Waals surface area contributed by atoms with Crippen molar-refractivity contribution in [1.82, 2.24) is 14.6 Å². The molecule has 5 atom stereocenters. The van der Waals surface area contributed by atoms with Crippen LogP contribution in [0.2, 0.25) is 0 Å². The topological polar surface area (TPSA) is 231 Å². The Labute approximate surface area is 360 Å². The number of hydrogen-bond acceptors (Lipinski definition) is 17. The molecule has 1 saturated heterocycles. The summed E-state index contributed by atoms with van der Waals surface area (Å²) in [4.78, 5) is 41.6. The third-order valence-corrected chi connectivity index (χ3v) is 11.4. The van der Waals surface area contributed by atoms with Crippen molar-refractivity contribution in [3.05, 3.63) is 24.2 Å². The van der Waals surface area contributed by atoms with E-state index in [-0.39, 0.29) is 31.0 Å². The van der Waals surface area contributed by atoms with E-state index in [4.69, 9.17) is 47.7 Å². The van der Waals surface area contributed by atoms with E-state index in [2.05, 4.69) is 23.1 Å². The van der Waals surface area contributed by atoms with Gasteiger partial charge in [0.1, 0.15) is 24.0 Å². The normalized spacial score (nSPS) is 19.7. The molecule has 3 heterocycles. The van der Waals surface area contributed by atoms with Crippen LogP contribution in [0.3, 0.4) is 0 Å². The van der Waals surface area contributed by atoms with Gasteiger partial charge in [-0.05, 0) is 38.8 Å². The number of nitrogens with zero attached hydrogens (tertiary/aromatic N) is 4. The Morgan fingerprint density at radius 1 is 0.852 bits per heavy atom. The molecule has 2 aromatic rings. The van der Waals surface area contributed by atoms with Crippen molar-refractivity contribution in [2.45, 2.75) is 174 Å². The van der Waals surface area contributed by atoms with E-state index in [1.54, 1.807) is 33.8 Å². The van der Waals surface area contributed by atoms with Gasteiger partial charge in [-0.3, -0.25) is 18.6 Å². The number of ether oxygens (including phenoxy) is 6. The number of rotatable bonds is 32. The SMILES string of the molecule is CCCCCCCCCCCCCCCCOCCCO[P@](=O)(OCOC(=O)OC(C)C)OC[C@H]1O[C@@](C#N)(c2ccc3c(N)ncnn23)[C@H](OC(=O)CC)[C@@H]1OC(=O)CC. The molecule has 0 aliphatic carbocycles. The lowest BCUT2D eigenvalue weighted by molar-refractivity contribution is -0.169. The summed E-state index contributed by atoms with van der Waals surface area (Å²) in [7, 11) is -4.57. The number of carbonyl (C=O) groups is 3. The number of esters is 2. The third-order valence-electron chi connectivity index (χ3n) is 9.98. The van der Waals surface area contributed by atoms with Crippen molar-refractivity contribution in [3.63, 3.8) is 0 Å². The van der Waals surface area contributed by atoms with Crippen LogP contribution >= 0.6 is 7.82 Å². The fourth-order valence-corrected chi connectivity index (χ4v) is 7.83. The molecular formula is C42H68N5O13P. The molecule has 1 aliphatic rings. The van der Waals surface area contributed by atoms with Gasteiger partial charge in [-0.2, -0.15) is 10.4 Å². The first-order chi connectivity index (χ1) is 29.4. The fourth-order valence-electron chi connectivity index (χ4n) is 6.74. The van der Waals surface area contributed by atoms with Gasteiger partial charge < -0.3 is 34.2 Å². The van der Waals surface area contributed by atoms with Gasteiger partial charge in [0.05, 0.1) is 25.0 Å². The van der Waals surface area contributed by atoms with Crippen LogP contribution in [0.4, 0.5) is 10.6 Å². The van der Waals surface area contributed by atoms with E-state index in [1.165, 1.54) is 94.0 Å². The monoisotopic (exact) mass is 881 g/mol. The van der Waals surface area contributed by atoms with Gasteiger partial charge in [-0.25, -0.2) is 23.4 Å². The minimum absolute atomic E-state index is 0.0775. The highest BCUT2D eigenvalue weighted by molar-refractivity contribution is 7.48. The van der Waals surface area contributed by atoms with Crippen molar-refractivity contribution in [2.75, 3.05) is 39.0 Å². The zero-order valence-corrected chi connectivity index (χ0v) is 37.6. The largest absolute Gasteiger partial charge is 0.510 e. The lowest BCUT2D eigenvalue weighted by Gasteiger charge is -2.28. The molecule has 1 fully saturated rings. The first-order valence-electron chi connectivity index (χ1n) is 21.9. The van der Waals surface area contributed by atoms with Gasteiger partial charge in [-0.1, -0.05) is 104 Å². The van der Waals surface area contributed by atoms with E-state index in [0.717, 1.165) is 12.8 Å². The molecule has 18 nitrogen and oxygen atoms in total. The number of hydrogen-bond donors (Lipinski definition) is 1. The Morgan fingerprint density at radius 3 is 2.07 bits per heavy atom. The number of unbranched alkanes of at least 4 members (excludes halogenated alkanes) is 13.